The first-order valence-corrected chi connectivity index (χ1v) is 5.73. The van der Waals surface area contributed by atoms with E-state index in [1.54, 1.807) is 0 Å². The number of hydrogen-bond donors (Lipinski definition) is 2. The molecule has 2 rings (SSSR count). The molecule has 0 radical (unpaired) electrons. The number of halogens is 3. The Labute approximate surface area is 113 Å². The number of benzene rings is 2. The minimum atomic E-state index is -1.16. The minimum Gasteiger partial charge on any atom is -0.370 e. The molecule has 0 heterocycles. The third-order valence-corrected chi connectivity index (χ3v) is 2.64. The number of nitrogens with two attached hydrogens (primary N) is 1. The van der Waals surface area contributed by atoms with Gasteiger partial charge in [-0.15, -0.1) is 0 Å². The molecule has 0 aliphatic carbocycles. The van der Waals surface area contributed by atoms with E-state index in [4.69, 9.17) is 5.73 Å². The standard InChI is InChI=1S/C14H11F3N2O/c15-9-2-1-3-12(7-9)19-13(14(18)20)8-4-10(16)6-11(17)5-8/h1-7,13,19H,(H2,18,20). The van der Waals surface area contributed by atoms with Crippen molar-refractivity contribution >= 4 is 11.6 Å². The molecule has 0 saturated heterocycles. The summed E-state index contributed by atoms with van der Waals surface area (Å²) in [5.41, 5.74) is 5.52. The minimum absolute atomic E-state index is 0.0271. The van der Waals surface area contributed by atoms with E-state index in [1.165, 1.54) is 18.2 Å². The molecule has 3 nitrogen and oxygen atoms in total. The quantitative estimate of drug-likeness (QED) is 0.904. The number of anilines is 1. The topological polar surface area (TPSA) is 55.1 Å². The number of rotatable bonds is 4. The Morgan fingerprint density at radius 3 is 2.20 bits per heavy atom. The van der Waals surface area contributed by atoms with E-state index < -0.39 is 29.4 Å². The van der Waals surface area contributed by atoms with E-state index in [-0.39, 0.29) is 11.3 Å². The number of primary amides is 1. The third kappa shape index (κ3) is 3.28. The summed E-state index contributed by atoms with van der Waals surface area (Å²) in [7, 11) is 0. The molecule has 1 atom stereocenters. The Balaban J connectivity index is 2.34. The van der Waals surface area contributed by atoms with Crippen molar-refractivity contribution < 1.29 is 18.0 Å². The van der Waals surface area contributed by atoms with Gasteiger partial charge in [-0.2, -0.15) is 0 Å². The Kier molecular flexibility index (Phi) is 3.93. The zero-order valence-corrected chi connectivity index (χ0v) is 10.2. The van der Waals surface area contributed by atoms with Crippen molar-refractivity contribution in [2.75, 3.05) is 5.32 Å². The highest BCUT2D eigenvalue weighted by Gasteiger charge is 2.19. The highest BCUT2D eigenvalue weighted by atomic mass is 19.1. The lowest BCUT2D eigenvalue weighted by Gasteiger charge is -2.17. The van der Waals surface area contributed by atoms with Crippen LogP contribution in [0.3, 0.4) is 0 Å². The van der Waals surface area contributed by atoms with Crippen LogP contribution in [0.15, 0.2) is 42.5 Å². The summed E-state index contributed by atoms with van der Waals surface area (Å²) in [6.07, 6.45) is 0. The van der Waals surface area contributed by atoms with Crippen molar-refractivity contribution in [3.63, 3.8) is 0 Å². The molecule has 0 aromatic heterocycles. The highest BCUT2D eigenvalue weighted by molar-refractivity contribution is 5.84. The second-order valence-corrected chi connectivity index (χ2v) is 4.19. The van der Waals surface area contributed by atoms with E-state index >= 15 is 0 Å². The van der Waals surface area contributed by atoms with Crippen LogP contribution in [0.4, 0.5) is 18.9 Å². The molecule has 2 aromatic rings. The molecule has 0 aliphatic rings. The van der Waals surface area contributed by atoms with Crippen molar-refractivity contribution in [2.45, 2.75) is 6.04 Å². The maximum atomic E-state index is 13.2. The average molecular weight is 280 g/mol. The molecule has 1 unspecified atom stereocenters. The normalized spacial score (nSPS) is 11.9. The van der Waals surface area contributed by atoms with Gasteiger partial charge >= 0.3 is 0 Å². The lowest BCUT2D eigenvalue weighted by atomic mass is 10.1. The Morgan fingerprint density at radius 2 is 1.65 bits per heavy atom. The highest BCUT2D eigenvalue weighted by Crippen LogP contribution is 2.21. The van der Waals surface area contributed by atoms with Crippen LogP contribution in [0.1, 0.15) is 11.6 Å². The molecule has 104 valence electrons. The second kappa shape index (κ2) is 5.64. The van der Waals surface area contributed by atoms with Crippen LogP contribution in [0.5, 0.6) is 0 Å². The molecule has 0 saturated carbocycles. The van der Waals surface area contributed by atoms with E-state index in [0.29, 0.717) is 6.07 Å². The first kappa shape index (κ1) is 13.9. The number of carbonyl (C=O) groups is 1. The molecular weight excluding hydrogens is 269 g/mol. The molecule has 2 aromatic carbocycles. The zero-order chi connectivity index (χ0) is 14.7. The van der Waals surface area contributed by atoms with Gasteiger partial charge in [-0.25, -0.2) is 13.2 Å². The van der Waals surface area contributed by atoms with E-state index in [1.807, 2.05) is 0 Å². The van der Waals surface area contributed by atoms with Gasteiger partial charge in [0.1, 0.15) is 23.5 Å². The fourth-order valence-corrected chi connectivity index (χ4v) is 1.81. The third-order valence-electron chi connectivity index (χ3n) is 2.64. The van der Waals surface area contributed by atoms with Gasteiger partial charge in [0.05, 0.1) is 0 Å². The smallest absolute Gasteiger partial charge is 0.244 e. The number of nitrogens with one attached hydrogen (secondary N) is 1. The molecule has 1 amide bonds. The van der Waals surface area contributed by atoms with Gasteiger partial charge < -0.3 is 11.1 Å². The molecule has 0 spiro atoms. The SMILES string of the molecule is NC(=O)C(Nc1cccc(F)c1)c1cc(F)cc(F)c1. The van der Waals surface area contributed by atoms with Crippen LogP contribution in [0.25, 0.3) is 0 Å². The summed E-state index contributed by atoms with van der Waals surface area (Å²) in [4.78, 5) is 11.4. The first-order chi connectivity index (χ1) is 9.45. The summed E-state index contributed by atoms with van der Waals surface area (Å²) >= 11 is 0. The van der Waals surface area contributed by atoms with Gasteiger partial charge in [0.25, 0.3) is 0 Å². The van der Waals surface area contributed by atoms with Crippen molar-refractivity contribution in [1.29, 1.82) is 0 Å². The lowest BCUT2D eigenvalue weighted by Crippen LogP contribution is -2.28. The molecule has 0 aliphatic heterocycles. The predicted octanol–water partition coefficient (Wildman–Crippen LogP) is 2.74. The van der Waals surface area contributed by atoms with Gasteiger partial charge in [-0.1, -0.05) is 6.07 Å². The van der Waals surface area contributed by atoms with Gasteiger partial charge in [0.15, 0.2) is 0 Å². The largest absolute Gasteiger partial charge is 0.370 e. The number of carbonyl (C=O) groups excluding carboxylic acids is 1. The van der Waals surface area contributed by atoms with E-state index in [9.17, 15) is 18.0 Å². The first-order valence-electron chi connectivity index (χ1n) is 5.73. The summed E-state index contributed by atoms with van der Waals surface area (Å²) in [6, 6.07) is 6.82. The summed E-state index contributed by atoms with van der Waals surface area (Å²) in [5, 5.41) is 2.64. The Hall–Kier alpha value is -2.50. The van der Waals surface area contributed by atoms with Gasteiger partial charge in [0.2, 0.25) is 5.91 Å². The molecule has 20 heavy (non-hydrogen) atoms. The van der Waals surface area contributed by atoms with Crippen LogP contribution in [-0.4, -0.2) is 5.91 Å². The van der Waals surface area contributed by atoms with Crippen LogP contribution in [0, 0.1) is 17.5 Å². The Bertz CT molecular complexity index is 626. The molecule has 6 heteroatoms. The van der Waals surface area contributed by atoms with E-state index in [2.05, 4.69) is 5.32 Å². The fourth-order valence-electron chi connectivity index (χ4n) is 1.81. The van der Waals surface area contributed by atoms with Crippen LogP contribution in [0.2, 0.25) is 0 Å². The Morgan fingerprint density at radius 1 is 1.00 bits per heavy atom. The van der Waals surface area contributed by atoms with Crippen molar-refractivity contribution in [1.82, 2.24) is 0 Å². The summed E-state index contributed by atoms with van der Waals surface area (Å²) < 4.78 is 39.4. The van der Waals surface area contributed by atoms with Crippen molar-refractivity contribution in [3.05, 3.63) is 65.5 Å². The molecule has 0 fully saturated rings. The van der Waals surface area contributed by atoms with Gasteiger partial charge in [-0.3, -0.25) is 4.79 Å². The van der Waals surface area contributed by atoms with E-state index in [0.717, 1.165) is 18.2 Å². The van der Waals surface area contributed by atoms with Crippen molar-refractivity contribution in [2.24, 2.45) is 5.73 Å². The zero-order valence-electron chi connectivity index (χ0n) is 10.2. The number of hydrogen-bond acceptors (Lipinski definition) is 2. The van der Waals surface area contributed by atoms with Crippen LogP contribution < -0.4 is 11.1 Å². The summed E-state index contributed by atoms with van der Waals surface area (Å²) in [6.45, 7) is 0. The second-order valence-electron chi connectivity index (χ2n) is 4.19. The van der Waals surface area contributed by atoms with Crippen molar-refractivity contribution in [3.8, 4) is 0 Å². The summed E-state index contributed by atoms with van der Waals surface area (Å²) in [5.74, 6) is -3.00. The molecule has 0 bridgehead atoms. The maximum Gasteiger partial charge on any atom is 0.244 e. The molecular formula is C14H11F3N2O. The fraction of sp³-hybridized carbons (Fsp3) is 0.0714. The average Bonchev–Trinajstić information content (AvgIpc) is 2.34. The lowest BCUT2D eigenvalue weighted by molar-refractivity contribution is -0.118. The van der Waals surface area contributed by atoms with Crippen LogP contribution >= 0.6 is 0 Å². The monoisotopic (exact) mass is 280 g/mol. The van der Waals surface area contributed by atoms with Gasteiger partial charge in [-0.05, 0) is 35.9 Å². The van der Waals surface area contributed by atoms with Gasteiger partial charge in [0, 0.05) is 11.8 Å². The maximum absolute atomic E-state index is 13.2. The molecule has 3 N–H and O–H groups in total. The number of amides is 1. The predicted molar refractivity (Wildman–Crippen MR) is 68.3 cm³/mol. The van der Waals surface area contributed by atoms with Crippen LogP contribution in [-0.2, 0) is 4.79 Å².